The molecule has 0 amide bonds. The lowest BCUT2D eigenvalue weighted by Gasteiger charge is -2.13. The molecule has 2 N–H and O–H groups in total. The Morgan fingerprint density at radius 3 is 2.05 bits per heavy atom. The van der Waals surface area contributed by atoms with Crippen LogP contribution in [0.5, 0.6) is 0 Å². The first-order chi connectivity index (χ1) is 10.5. The molecule has 0 fully saturated rings. The molecule has 0 bridgehead atoms. The van der Waals surface area contributed by atoms with E-state index in [9.17, 15) is 0 Å². The van der Waals surface area contributed by atoms with Crippen LogP contribution in [0.2, 0.25) is 0 Å². The first kappa shape index (κ1) is 16.5. The van der Waals surface area contributed by atoms with E-state index in [2.05, 4.69) is 80.8 Å². The van der Waals surface area contributed by atoms with Crippen LogP contribution in [0.15, 0.2) is 42.5 Å². The van der Waals surface area contributed by atoms with Gasteiger partial charge in [-0.1, -0.05) is 32.0 Å². The molecule has 0 spiro atoms. The van der Waals surface area contributed by atoms with Crippen molar-refractivity contribution in [3.8, 4) is 0 Å². The van der Waals surface area contributed by atoms with Gasteiger partial charge in [-0.15, -0.1) is 0 Å². The van der Waals surface area contributed by atoms with Crippen LogP contribution >= 0.6 is 12.2 Å². The fraction of sp³-hybridized carbons (Fsp3) is 0.316. The first-order valence-electron chi connectivity index (χ1n) is 7.74. The zero-order valence-electron chi connectivity index (χ0n) is 13.7. The number of rotatable bonds is 4. The maximum atomic E-state index is 5.39. The molecule has 0 heterocycles. The Kier molecular flexibility index (Phi) is 5.56. The predicted molar refractivity (Wildman–Crippen MR) is 101 cm³/mol. The van der Waals surface area contributed by atoms with Gasteiger partial charge in [-0.25, -0.2) is 0 Å². The van der Waals surface area contributed by atoms with Gasteiger partial charge in [0.05, 0.1) is 0 Å². The third-order valence-corrected chi connectivity index (χ3v) is 4.03. The van der Waals surface area contributed by atoms with Gasteiger partial charge in [0.1, 0.15) is 0 Å². The third-order valence-electron chi connectivity index (χ3n) is 3.83. The lowest BCUT2D eigenvalue weighted by molar-refractivity contribution is 0.734. The van der Waals surface area contributed by atoms with Gasteiger partial charge in [0.2, 0.25) is 0 Å². The minimum atomic E-state index is 0.592. The molecule has 1 unspecified atom stereocenters. The van der Waals surface area contributed by atoms with E-state index in [4.69, 9.17) is 12.2 Å². The molecule has 0 aromatic heterocycles. The summed E-state index contributed by atoms with van der Waals surface area (Å²) in [6.45, 7) is 8.62. The van der Waals surface area contributed by atoms with Crippen LogP contribution in [0.1, 0.15) is 42.9 Å². The van der Waals surface area contributed by atoms with Gasteiger partial charge in [0.15, 0.2) is 5.11 Å². The van der Waals surface area contributed by atoms with Gasteiger partial charge >= 0.3 is 0 Å². The molecule has 0 aliphatic heterocycles. The zero-order chi connectivity index (χ0) is 16.1. The van der Waals surface area contributed by atoms with Crippen LogP contribution in [0.3, 0.4) is 0 Å². The number of anilines is 2. The van der Waals surface area contributed by atoms with E-state index in [1.165, 1.54) is 16.7 Å². The molecular formula is C19H24N2S. The van der Waals surface area contributed by atoms with Gasteiger partial charge in [-0.2, -0.15) is 0 Å². The average molecular weight is 312 g/mol. The molecule has 116 valence electrons. The maximum absolute atomic E-state index is 5.39. The molecule has 0 aliphatic rings. The van der Waals surface area contributed by atoms with Crippen molar-refractivity contribution in [2.45, 2.75) is 40.0 Å². The van der Waals surface area contributed by atoms with Gasteiger partial charge in [-0.3, -0.25) is 0 Å². The molecule has 0 saturated heterocycles. The SMILES string of the molecule is CCC(C)c1ccc(NC(=S)Nc2cc(C)cc(C)c2)cc1. The molecule has 1 atom stereocenters. The Labute approximate surface area is 139 Å². The molecule has 3 heteroatoms. The van der Waals surface area contributed by atoms with Crippen LogP contribution < -0.4 is 10.6 Å². The molecule has 2 aromatic carbocycles. The Bertz CT molecular complexity index is 627. The summed E-state index contributed by atoms with van der Waals surface area (Å²) in [7, 11) is 0. The van der Waals surface area contributed by atoms with Crippen molar-refractivity contribution in [2.75, 3.05) is 10.6 Å². The van der Waals surface area contributed by atoms with E-state index < -0.39 is 0 Å². The smallest absolute Gasteiger partial charge is 0.175 e. The van der Waals surface area contributed by atoms with Crippen LogP contribution in [-0.4, -0.2) is 5.11 Å². The molecular weight excluding hydrogens is 288 g/mol. The fourth-order valence-corrected chi connectivity index (χ4v) is 2.71. The van der Waals surface area contributed by atoms with Crippen molar-refractivity contribution < 1.29 is 0 Å². The maximum Gasteiger partial charge on any atom is 0.175 e. The minimum Gasteiger partial charge on any atom is -0.332 e. The largest absolute Gasteiger partial charge is 0.332 e. The van der Waals surface area contributed by atoms with E-state index in [-0.39, 0.29) is 0 Å². The second-order valence-electron chi connectivity index (χ2n) is 5.89. The monoisotopic (exact) mass is 312 g/mol. The highest BCUT2D eigenvalue weighted by Gasteiger charge is 2.04. The summed E-state index contributed by atoms with van der Waals surface area (Å²) in [6.07, 6.45) is 1.15. The van der Waals surface area contributed by atoms with Gasteiger partial charge in [-0.05, 0) is 79.4 Å². The van der Waals surface area contributed by atoms with Crippen molar-refractivity contribution in [3.05, 3.63) is 59.2 Å². The van der Waals surface area contributed by atoms with Crippen LogP contribution in [-0.2, 0) is 0 Å². The number of nitrogens with one attached hydrogen (secondary N) is 2. The number of hydrogen-bond acceptors (Lipinski definition) is 1. The summed E-state index contributed by atoms with van der Waals surface area (Å²) in [5.74, 6) is 0.592. The van der Waals surface area contributed by atoms with E-state index in [0.29, 0.717) is 11.0 Å². The molecule has 22 heavy (non-hydrogen) atoms. The summed E-state index contributed by atoms with van der Waals surface area (Å²) in [6, 6.07) is 14.8. The molecule has 2 nitrogen and oxygen atoms in total. The van der Waals surface area contributed by atoms with E-state index in [1.54, 1.807) is 0 Å². The normalized spacial score (nSPS) is 11.8. The molecule has 2 rings (SSSR count). The lowest BCUT2D eigenvalue weighted by atomic mass is 9.99. The average Bonchev–Trinajstić information content (AvgIpc) is 2.46. The number of aryl methyl sites for hydroxylation is 2. The zero-order valence-corrected chi connectivity index (χ0v) is 14.6. The van der Waals surface area contributed by atoms with Gasteiger partial charge in [0.25, 0.3) is 0 Å². The topological polar surface area (TPSA) is 24.1 Å². The van der Waals surface area contributed by atoms with Gasteiger partial charge in [0, 0.05) is 11.4 Å². The first-order valence-corrected chi connectivity index (χ1v) is 8.15. The van der Waals surface area contributed by atoms with E-state index in [1.807, 2.05) is 0 Å². The summed E-state index contributed by atoms with van der Waals surface area (Å²) in [5, 5.41) is 7.09. The number of hydrogen-bond donors (Lipinski definition) is 2. The fourth-order valence-electron chi connectivity index (χ4n) is 2.47. The summed E-state index contributed by atoms with van der Waals surface area (Å²) >= 11 is 5.39. The van der Waals surface area contributed by atoms with Crippen LogP contribution in [0, 0.1) is 13.8 Å². The Morgan fingerprint density at radius 2 is 1.50 bits per heavy atom. The van der Waals surface area contributed by atoms with Crippen molar-refractivity contribution in [1.29, 1.82) is 0 Å². The van der Waals surface area contributed by atoms with E-state index in [0.717, 1.165) is 17.8 Å². The van der Waals surface area contributed by atoms with E-state index >= 15 is 0 Å². The summed E-state index contributed by atoms with van der Waals surface area (Å²) in [5.41, 5.74) is 5.84. The Hall–Kier alpha value is -1.87. The second kappa shape index (κ2) is 7.41. The number of benzene rings is 2. The lowest BCUT2D eigenvalue weighted by Crippen LogP contribution is -2.19. The molecule has 0 radical (unpaired) electrons. The Balaban J connectivity index is 1.99. The Morgan fingerprint density at radius 1 is 0.955 bits per heavy atom. The summed E-state index contributed by atoms with van der Waals surface area (Å²) < 4.78 is 0. The van der Waals surface area contributed by atoms with Gasteiger partial charge < -0.3 is 10.6 Å². The third kappa shape index (κ3) is 4.57. The van der Waals surface area contributed by atoms with Crippen molar-refractivity contribution in [1.82, 2.24) is 0 Å². The quantitative estimate of drug-likeness (QED) is 0.716. The summed E-state index contributed by atoms with van der Waals surface area (Å²) in [4.78, 5) is 0. The highest BCUT2D eigenvalue weighted by Crippen LogP contribution is 2.21. The molecule has 0 aliphatic carbocycles. The highest BCUT2D eigenvalue weighted by atomic mass is 32.1. The minimum absolute atomic E-state index is 0.592. The second-order valence-corrected chi connectivity index (χ2v) is 6.30. The molecule has 0 saturated carbocycles. The standard InChI is InChI=1S/C19H24N2S/c1-5-15(4)16-6-8-17(9-7-16)20-19(22)21-18-11-13(2)10-14(3)12-18/h6-12,15H,5H2,1-4H3,(H2,20,21,22). The predicted octanol–water partition coefficient (Wildman–Crippen LogP) is 5.63. The van der Waals surface area contributed by atoms with Crippen LogP contribution in [0.4, 0.5) is 11.4 Å². The number of thiocarbonyl (C=S) groups is 1. The molecule has 2 aromatic rings. The van der Waals surface area contributed by atoms with Crippen LogP contribution in [0.25, 0.3) is 0 Å². The highest BCUT2D eigenvalue weighted by molar-refractivity contribution is 7.80. The van der Waals surface area contributed by atoms with Crippen molar-refractivity contribution >= 4 is 28.7 Å². The van der Waals surface area contributed by atoms with Crippen molar-refractivity contribution in [3.63, 3.8) is 0 Å². The van der Waals surface area contributed by atoms with Crippen molar-refractivity contribution in [2.24, 2.45) is 0 Å².